The molecule has 8 heteroatoms. The molecule has 5 nitrogen and oxygen atoms in total. The van der Waals surface area contributed by atoms with Crippen molar-refractivity contribution in [2.24, 2.45) is 0 Å². The van der Waals surface area contributed by atoms with Crippen LogP contribution in [0.5, 0.6) is 0 Å². The maximum atomic E-state index is 12.7. The molecule has 0 fully saturated rings. The fourth-order valence-electron chi connectivity index (χ4n) is 1.41. The summed E-state index contributed by atoms with van der Waals surface area (Å²) in [7, 11) is 0. The van der Waals surface area contributed by atoms with E-state index < -0.39 is 23.5 Å². The van der Waals surface area contributed by atoms with Gasteiger partial charge in [0.1, 0.15) is 5.69 Å². The van der Waals surface area contributed by atoms with Gasteiger partial charge in [-0.2, -0.15) is 18.3 Å². The lowest BCUT2D eigenvalue weighted by Crippen LogP contribution is -2.14. The Balaban J connectivity index is 2.79. The summed E-state index contributed by atoms with van der Waals surface area (Å²) in [6.45, 7) is 1.39. The first-order valence-corrected chi connectivity index (χ1v) is 4.47. The number of nitrogens with zero attached hydrogens (tertiary/aromatic N) is 3. The zero-order chi connectivity index (χ0) is 12.8. The van der Waals surface area contributed by atoms with Crippen LogP contribution < -0.4 is 0 Å². The van der Waals surface area contributed by atoms with E-state index in [4.69, 9.17) is 5.11 Å². The van der Waals surface area contributed by atoms with Crippen LogP contribution in [0.1, 0.15) is 21.9 Å². The van der Waals surface area contributed by atoms with E-state index in [2.05, 4.69) is 10.1 Å². The van der Waals surface area contributed by atoms with Crippen LogP contribution in [0.25, 0.3) is 5.65 Å². The first kappa shape index (κ1) is 11.4. The van der Waals surface area contributed by atoms with Crippen molar-refractivity contribution in [2.75, 3.05) is 0 Å². The normalized spacial score (nSPS) is 12.0. The lowest BCUT2D eigenvalue weighted by molar-refractivity contribution is -0.142. The molecule has 0 aliphatic rings. The third kappa shape index (κ3) is 1.93. The van der Waals surface area contributed by atoms with Crippen LogP contribution >= 0.6 is 0 Å². The van der Waals surface area contributed by atoms with E-state index in [1.807, 2.05) is 0 Å². The summed E-state index contributed by atoms with van der Waals surface area (Å²) >= 11 is 0. The molecule has 0 spiro atoms. The van der Waals surface area contributed by atoms with E-state index in [1.165, 1.54) is 6.92 Å². The number of carboxylic acids is 1. The number of hydrogen-bond acceptors (Lipinski definition) is 3. The summed E-state index contributed by atoms with van der Waals surface area (Å²) in [5.74, 6) is -1.40. The summed E-state index contributed by atoms with van der Waals surface area (Å²) < 4.78 is 38.5. The van der Waals surface area contributed by atoms with Crippen molar-refractivity contribution in [1.82, 2.24) is 14.6 Å². The van der Waals surface area contributed by atoms with Gasteiger partial charge in [-0.05, 0) is 13.0 Å². The van der Waals surface area contributed by atoms with Crippen molar-refractivity contribution in [2.45, 2.75) is 13.1 Å². The molecule has 0 aliphatic carbocycles. The highest BCUT2D eigenvalue weighted by molar-refractivity contribution is 5.86. The van der Waals surface area contributed by atoms with E-state index in [1.54, 1.807) is 0 Å². The predicted octanol–water partition coefficient (Wildman–Crippen LogP) is 1.75. The molecule has 2 aromatic heterocycles. The van der Waals surface area contributed by atoms with Crippen molar-refractivity contribution in [3.63, 3.8) is 0 Å². The highest BCUT2D eigenvalue weighted by Gasteiger charge is 2.35. The van der Waals surface area contributed by atoms with Gasteiger partial charge in [0.25, 0.3) is 0 Å². The molecular weight excluding hydrogens is 239 g/mol. The molecule has 0 aromatic carbocycles. The van der Waals surface area contributed by atoms with Crippen LogP contribution in [-0.4, -0.2) is 25.7 Å². The second-order valence-electron chi connectivity index (χ2n) is 3.39. The molecule has 2 aromatic rings. The molecule has 90 valence electrons. The number of rotatable bonds is 1. The lowest BCUT2D eigenvalue weighted by atomic mass is 10.3. The van der Waals surface area contributed by atoms with Crippen molar-refractivity contribution < 1.29 is 23.1 Å². The van der Waals surface area contributed by atoms with Gasteiger partial charge in [0.05, 0.1) is 0 Å². The molecule has 0 radical (unpaired) electrons. The van der Waals surface area contributed by atoms with E-state index in [-0.39, 0.29) is 11.3 Å². The van der Waals surface area contributed by atoms with Crippen molar-refractivity contribution in [3.05, 3.63) is 29.2 Å². The predicted molar refractivity (Wildman–Crippen MR) is 49.7 cm³/mol. The van der Waals surface area contributed by atoms with E-state index in [0.717, 1.165) is 12.1 Å². The maximum Gasteiger partial charge on any atom is 0.433 e. The monoisotopic (exact) mass is 245 g/mol. The molecule has 0 amide bonds. The van der Waals surface area contributed by atoms with Crippen LogP contribution in [0.3, 0.4) is 0 Å². The smallest absolute Gasteiger partial charge is 0.433 e. The third-order valence-electron chi connectivity index (χ3n) is 2.06. The molecule has 2 heterocycles. The molecule has 0 unspecified atom stereocenters. The Bertz CT molecular complexity index is 603. The minimum atomic E-state index is -4.62. The van der Waals surface area contributed by atoms with Crippen molar-refractivity contribution in [3.8, 4) is 0 Å². The van der Waals surface area contributed by atoms with Crippen molar-refractivity contribution in [1.29, 1.82) is 0 Å². The number of carbonyl (C=O) groups is 1. The van der Waals surface area contributed by atoms with Gasteiger partial charge in [-0.25, -0.2) is 14.3 Å². The molecule has 0 saturated carbocycles. The largest absolute Gasteiger partial charge is 0.476 e. The number of halogens is 3. The molecule has 2 rings (SSSR count). The first-order valence-electron chi connectivity index (χ1n) is 4.47. The van der Waals surface area contributed by atoms with Crippen LogP contribution in [-0.2, 0) is 6.18 Å². The Morgan fingerprint density at radius 2 is 2.06 bits per heavy atom. The number of alkyl halides is 3. The zero-order valence-corrected chi connectivity index (χ0v) is 8.49. The van der Waals surface area contributed by atoms with Crippen LogP contribution in [0.15, 0.2) is 12.1 Å². The van der Waals surface area contributed by atoms with Crippen LogP contribution in [0, 0.1) is 6.92 Å². The molecular formula is C9H6F3N3O2. The number of aryl methyl sites for hydroxylation is 1. The standard InChI is InChI=1S/C9H6F3N3O2/c1-4-2-6(9(10,11)12)15-7(13-4)3-5(14-15)8(16)17/h2-3H,1H3,(H,16,17). The van der Waals surface area contributed by atoms with Gasteiger partial charge >= 0.3 is 12.1 Å². The SMILES string of the molecule is Cc1cc(C(F)(F)F)n2nc(C(=O)O)cc2n1. The van der Waals surface area contributed by atoms with E-state index in [9.17, 15) is 18.0 Å². The minimum Gasteiger partial charge on any atom is -0.476 e. The van der Waals surface area contributed by atoms with Crippen molar-refractivity contribution >= 4 is 11.6 Å². The topological polar surface area (TPSA) is 67.5 Å². The van der Waals surface area contributed by atoms with Gasteiger partial charge in [0.2, 0.25) is 0 Å². The number of hydrogen-bond donors (Lipinski definition) is 1. The lowest BCUT2D eigenvalue weighted by Gasteiger charge is -2.08. The number of fused-ring (bicyclic) bond motifs is 1. The summed E-state index contributed by atoms with van der Waals surface area (Å²) in [6, 6.07) is 1.80. The fourth-order valence-corrected chi connectivity index (χ4v) is 1.41. The van der Waals surface area contributed by atoms with Gasteiger partial charge in [-0.3, -0.25) is 0 Å². The average Bonchev–Trinajstić information content (AvgIpc) is 2.58. The van der Waals surface area contributed by atoms with Crippen LogP contribution in [0.4, 0.5) is 13.2 Å². The Morgan fingerprint density at radius 1 is 1.41 bits per heavy atom. The number of aromatic nitrogens is 3. The van der Waals surface area contributed by atoms with E-state index in [0.29, 0.717) is 4.52 Å². The van der Waals surface area contributed by atoms with Gasteiger partial charge in [-0.15, -0.1) is 0 Å². The Hall–Kier alpha value is -2.12. The Morgan fingerprint density at radius 3 is 2.59 bits per heavy atom. The Labute approximate surface area is 92.5 Å². The molecule has 17 heavy (non-hydrogen) atoms. The Kier molecular flexibility index (Phi) is 2.30. The van der Waals surface area contributed by atoms with Crippen LogP contribution in [0.2, 0.25) is 0 Å². The quantitative estimate of drug-likeness (QED) is 0.831. The molecule has 0 saturated heterocycles. The third-order valence-corrected chi connectivity index (χ3v) is 2.06. The number of aromatic carboxylic acids is 1. The maximum absolute atomic E-state index is 12.7. The van der Waals surface area contributed by atoms with E-state index >= 15 is 0 Å². The highest BCUT2D eigenvalue weighted by Crippen LogP contribution is 2.29. The van der Waals surface area contributed by atoms with Gasteiger partial charge < -0.3 is 5.11 Å². The number of carboxylic acid groups (broad SMARTS) is 1. The summed E-state index contributed by atoms with van der Waals surface area (Å²) in [5.41, 5.74) is -1.53. The van der Waals surface area contributed by atoms with Gasteiger partial charge in [-0.1, -0.05) is 0 Å². The minimum absolute atomic E-state index is 0.140. The summed E-state index contributed by atoms with van der Waals surface area (Å²) in [6.07, 6.45) is -4.62. The fraction of sp³-hybridized carbons (Fsp3) is 0.222. The highest BCUT2D eigenvalue weighted by atomic mass is 19.4. The molecule has 1 N–H and O–H groups in total. The van der Waals surface area contributed by atoms with Gasteiger partial charge in [0.15, 0.2) is 11.3 Å². The molecule has 0 aliphatic heterocycles. The second-order valence-corrected chi connectivity index (χ2v) is 3.39. The molecule has 0 bridgehead atoms. The summed E-state index contributed by atoms with van der Waals surface area (Å²) in [4.78, 5) is 14.4. The first-order chi connectivity index (χ1) is 7.79. The average molecular weight is 245 g/mol. The second kappa shape index (κ2) is 3.44. The molecule has 0 atom stereocenters. The zero-order valence-electron chi connectivity index (χ0n) is 8.49. The van der Waals surface area contributed by atoms with Gasteiger partial charge in [0, 0.05) is 11.8 Å². The summed E-state index contributed by atoms with van der Waals surface area (Å²) in [5, 5.41) is 12.0.